The van der Waals surface area contributed by atoms with Crippen LogP contribution in [-0.4, -0.2) is 10.9 Å². The van der Waals surface area contributed by atoms with Crippen LogP contribution >= 0.6 is 23.2 Å². The van der Waals surface area contributed by atoms with Gasteiger partial charge in [0.1, 0.15) is 11.5 Å². The Morgan fingerprint density at radius 2 is 1.56 bits per heavy atom. The molecule has 0 aliphatic carbocycles. The molecule has 2 N–H and O–H groups in total. The van der Waals surface area contributed by atoms with Crippen molar-refractivity contribution in [1.29, 1.82) is 0 Å². The molecule has 25 heavy (non-hydrogen) atoms. The van der Waals surface area contributed by atoms with Crippen LogP contribution in [-0.2, 0) is 0 Å². The van der Waals surface area contributed by atoms with Gasteiger partial charge in [-0.05, 0) is 54.6 Å². The Morgan fingerprint density at radius 3 is 2.28 bits per heavy atom. The van der Waals surface area contributed by atoms with Gasteiger partial charge >= 0.3 is 0 Å². The predicted octanol–water partition coefficient (Wildman–Crippen LogP) is 5.52. The molecular weight excluding hydrogens is 364 g/mol. The molecule has 0 atom stereocenters. The molecule has 3 aromatic rings. The minimum atomic E-state index is -0.399. The van der Waals surface area contributed by atoms with Gasteiger partial charge in [-0.1, -0.05) is 23.2 Å². The van der Waals surface area contributed by atoms with Crippen LogP contribution in [0, 0.1) is 5.82 Å². The number of halogens is 3. The fourth-order valence-corrected chi connectivity index (χ4v) is 2.40. The van der Waals surface area contributed by atoms with Crippen LogP contribution in [0.4, 0.5) is 21.5 Å². The van der Waals surface area contributed by atoms with Crippen molar-refractivity contribution in [2.45, 2.75) is 0 Å². The first-order chi connectivity index (χ1) is 12.0. The Bertz CT molecular complexity index is 916. The van der Waals surface area contributed by atoms with E-state index >= 15 is 0 Å². The van der Waals surface area contributed by atoms with E-state index in [1.54, 1.807) is 30.3 Å². The summed E-state index contributed by atoms with van der Waals surface area (Å²) >= 11 is 11.9. The second kappa shape index (κ2) is 7.51. The third-order valence-electron chi connectivity index (χ3n) is 3.30. The smallest absolute Gasteiger partial charge is 0.274 e. The van der Waals surface area contributed by atoms with Crippen molar-refractivity contribution in [2.24, 2.45) is 0 Å². The SMILES string of the molecule is O=C(Nc1ccc(F)cc1)c1cc(Nc2ccc(Cl)c(Cl)c2)ccn1. The number of carbonyl (C=O) groups is 1. The fraction of sp³-hybridized carbons (Fsp3) is 0. The Labute approximate surface area is 153 Å². The Hall–Kier alpha value is -2.63. The molecule has 126 valence electrons. The molecule has 0 radical (unpaired) electrons. The second-order valence-electron chi connectivity index (χ2n) is 5.14. The highest BCUT2D eigenvalue weighted by molar-refractivity contribution is 6.42. The third-order valence-corrected chi connectivity index (χ3v) is 4.04. The molecule has 0 aliphatic heterocycles. The zero-order valence-electron chi connectivity index (χ0n) is 12.8. The van der Waals surface area contributed by atoms with Crippen molar-refractivity contribution in [2.75, 3.05) is 10.6 Å². The maximum absolute atomic E-state index is 12.9. The second-order valence-corrected chi connectivity index (χ2v) is 5.96. The normalized spacial score (nSPS) is 10.4. The summed E-state index contributed by atoms with van der Waals surface area (Å²) in [6, 6.07) is 13.9. The van der Waals surface area contributed by atoms with Crippen molar-refractivity contribution in [3.63, 3.8) is 0 Å². The van der Waals surface area contributed by atoms with Gasteiger partial charge in [0.15, 0.2) is 0 Å². The quantitative estimate of drug-likeness (QED) is 0.630. The third kappa shape index (κ3) is 4.47. The number of amides is 1. The van der Waals surface area contributed by atoms with Gasteiger partial charge in [-0.25, -0.2) is 4.39 Å². The molecule has 0 spiro atoms. The first-order valence-electron chi connectivity index (χ1n) is 7.26. The van der Waals surface area contributed by atoms with E-state index in [9.17, 15) is 9.18 Å². The zero-order chi connectivity index (χ0) is 17.8. The van der Waals surface area contributed by atoms with E-state index in [2.05, 4.69) is 15.6 Å². The molecule has 4 nitrogen and oxygen atoms in total. The van der Waals surface area contributed by atoms with Crippen LogP contribution in [0.5, 0.6) is 0 Å². The lowest BCUT2D eigenvalue weighted by atomic mass is 10.2. The van der Waals surface area contributed by atoms with Gasteiger partial charge in [0.05, 0.1) is 10.0 Å². The summed E-state index contributed by atoms with van der Waals surface area (Å²) in [5.41, 5.74) is 2.09. The van der Waals surface area contributed by atoms with Crippen molar-refractivity contribution in [3.8, 4) is 0 Å². The number of anilines is 3. The van der Waals surface area contributed by atoms with Gasteiger partial charge in [0, 0.05) is 23.3 Å². The molecule has 0 unspecified atom stereocenters. The largest absolute Gasteiger partial charge is 0.355 e. The van der Waals surface area contributed by atoms with E-state index in [0.717, 1.165) is 5.69 Å². The maximum Gasteiger partial charge on any atom is 0.274 e. The average molecular weight is 376 g/mol. The first-order valence-corrected chi connectivity index (χ1v) is 8.02. The molecule has 7 heteroatoms. The van der Waals surface area contributed by atoms with E-state index in [1.807, 2.05) is 0 Å². The van der Waals surface area contributed by atoms with Crippen LogP contribution in [0.1, 0.15) is 10.5 Å². The minimum Gasteiger partial charge on any atom is -0.355 e. The number of nitrogens with zero attached hydrogens (tertiary/aromatic N) is 1. The topological polar surface area (TPSA) is 54.0 Å². The van der Waals surface area contributed by atoms with Crippen molar-refractivity contribution < 1.29 is 9.18 Å². The summed E-state index contributed by atoms with van der Waals surface area (Å²) in [6.45, 7) is 0. The van der Waals surface area contributed by atoms with E-state index in [4.69, 9.17) is 23.2 Å². The minimum absolute atomic E-state index is 0.217. The Balaban J connectivity index is 1.75. The van der Waals surface area contributed by atoms with Gasteiger partial charge in [0.2, 0.25) is 0 Å². The highest BCUT2D eigenvalue weighted by Crippen LogP contribution is 2.27. The van der Waals surface area contributed by atoms with E-state index < -0.39 is 5.91 Å². The van der Waals surface area contributed by atoms with Crippen LogP contribution in [0.3, 0.4) is 0 Å². The standard InChI is InChI=1S/C18H12Cl2FN3O/c19-15-6-5-13(9-16(15)20)23-14-7-8-22-17(10-14)18(25)24-12-3-1-11(21)2-4-12/h1-10H,(H,22,23)(H,24,25). The lowest BCUT2D eigenvalue weighted by Crippen LogP contribution is -2.13. The highest BCUT2D eigenvalue weighted by atomic mass is 35.5. The molecule has 1 amide bonds. The van der Waals surface area contributed by atoms with Gasteiger partial charge in [-0.2, -0.15) is 0 Å². The van der Waals surface area contributed by atoms with Gasteiger partial charge in [0.25, 0.3) is 5.91 Å². The molecule has 0 saturated heterocycles. The molecule has 0 aliphatic rings. The van der Waals surface area contributed by atoms with Crippen LogP contribution in [0.2, 0.25) is 10.0 Å². The fourth-order valence-electron chi connectivity index (χ4n) is 2.10. The Kier molecular flexibility index (Phi) is 5.16. The molecular formula is C18H12Cl2FN3O. The van der Waals surface area contributed by atoms with Gasteiger partial charge < -0.3 is 10.6 Å². The molecule has 0 saturated carbocycles. The lowest BCUT2D eigenvalue weighted by Gasteiger charge is -2.09. The number of aromatic nitrogens is 1. The Morgan fingerprint density at radius 1 is 0.880 bits per heavy atom. The van der Waals surface area contributed by atoms with E-state index in [1.165, 1.54) is 30.5 Å². The summed E-state index contributed by atoms with van der Waals surface area (Å²) in [6.07, 6.45) is 1.51. The molecule has 2 aromatic carbocycles. The summed E-state index contributed by atoms with van der Waals surface area (Å²) in [7, 11) is 0. The monoisotopic (exact) mass is 375 g/mol. The molecule has 0 fully saturated rings. The zero-order valence-corrected chi connectivity index (χ0v) is 14.3. The number of nitrogens with one attached hydrogen (secondary N) is 2. The van der Waals surface area contributed by atoms with Crippen LogP contribution in [0.15, 0.2) is 60.8 Å². The lowest BCUT2D eigenvalue weighted by molar-refractivity contribution is 0.102. The summed E-state index contributed by atoms with van der Waals surface area (Å²) in [5, 5.41) is 6.67. The van der Waals surface area contributed by atoms with E-state index in [0.29, 0.717) is 21.4 Å². The van der Waals surface area contributed by atoms with Crippen molar-refractivity contribution >= 4 is 46.2 Å². The molecule has 1 heterocycles. The van der Waals surface area contributed by atoms with Crippen molar-refractivity contribution in [3.05, 3.63) is 82.4 Å². The molecule has 3 rings (SSSR count). The average Bonchev–Trinajstić information content (AvgIpc) is 2.60. The number of pyridine rings is 1. The van der Waals surface area contributed by atoms with Gasteiger partial charge in [-0.15, -0.1) is 0 Å². The van der Waals surface area contributed by atoms with Crippen LogP contribution in [0.25, 0.3) is 0 Å². The first kappa shape index (κ1) is 17.2. The maximum atomic E-state index is 12.9. The predicted molar refractivity (Wildman–Crippen MR) is 98.3 cm³/mol. The summed E-state index contributed by atoms with van der Waals surface area (Å²) in [4.78, 5) is 16.3. The summed E-state index contributed by atoms with van der Waals surface area (Å²) in [5.74, 6) is -0.770. The number of carbonyl (C=O) groups excluding carboxylic acids is 1. The summed E-state index contributed by atoms with van der Waals surface area (Å²) < 4.78 is 12.9. The molecule has 1 aromatic heterocycles. The van der Waals surface area contributed by atoms with Gasteiger partial charge in [-0.3, -0.25) is 9.78 Å². The number of hydrogen-bond acceptors (Lipinski definition) is 3. The number of benzene rings is 2. The van der Waals surface area contributed by atoms with Crippen molar-refractivity contribution in [1.82, 2.24) is 4.98 Å². The highest BCUT2D eigenvalue weighted by Gasteiger charge is 2.09. The van der Waals surface area contributed by atoms with E-state index in [-0.39, 0.29) is 11.5 Å². The number of rotatable bonds is 4. The molecule has 0 bridgehead atoms. The van der Waals surface area contributed by atoms with Crippen LogP contribution < -0.4 is 10.6 Å². The number of hydrogen-bond donors (Lipinski definition) is 2.